The van der Waals surface area contributed by atoms with Crippen molar-refractivity contribution >= 4 is 11.8 Å². The number of carbonyl (C=O) groups excluding carboxylic acids is 2. The summed E-state index contributed by atoms with van der Waals surface area (Å²) >= 11 is 0. The van der Waals surface area contributed by atoms with E-state index in [1.165, 1.54) is 19.2 Å². The number of rotatable bonds is 5. The van der Waals surface area contributed by atoms with Gasteiger partial charge in [0.25, 0.3) is 5.91 Å². The molecule has 0 saturated carbocycles. The minimum atomic E-state index is -0.586. The van der Waals surface area contributed by atoms with Crippen LogP contribution in [0.4, 0.5) is 4.39 Å². The van der Waals surface area contributed by atoms with Gasteiger partial charge in [0.05, 0.1) is 19.3 Å². The summed E-state index contributed by atoms with van der Waals surface area (Å²) in [5.74, 6) is -0.116. The van der Waals surface area contributed by atoms with Crippen molar-refractivity contribution in [1.82, 2.24) is 15.4 Å². The predicted octanol–water partition coefficient (Wildman–Crippen LogP) is 2.75. The van der Waals surface area contributed by atoms with Crippen LogP contribution in [0.25, 0.3) is 0 Å². The van der Waals surface area contributed by atoms with Gasteiger partial charge in [0.15, 0.2) is 11.6 Å². The lowest BCUT2D eigenvalue weighted by atomic mass is 10.1. The van der Waals surface area contributed by atoms with E-state index < -0.39 is 5.82 Å². The third kappa shape index (κ3) is 4.32. The van der Waals surface area contributed by atoms with Crippen LogP contribution in [-0.2, 0) is 11.3 Å². The molecule has 1 fully saturated rings. The molecule has 1 aliphatic heterocycles. The second-order valence-corrected chi connectivity index (χ2v) is 6.97. The summed E-state index contributed by atoms with van der Waals surface area (Å²) in [5.41, 5.74) is 1.92. The number of amides is 2. The Kier molecular flexibility index (Phi) is 5.96. The topological polar surface area (TPSA) is 84.7 Å². The molecule has 1 saturated heterocycles. The first-order chi connectivity index (χ1) is 13.4. The number of carbonyl (C=O) groups is 2. The second kappa shape index (κ2) is 8.41. The molecule has 150 valence electrons. The third-order valence-corrected chi connectivity index (χ3v) is 5.09. The van der Waals surface area contributed by atoms with Crippen LogP contribution in [0.15, 0.2) is 22.7 Å². The highest BCUT2D eigenvalue weighted by molar-refractivity contribution is 5.94. The molecule has 7 nitrogen and oxygen atoms in total. The van der Waals surface area contributed by atoms with Crippen LogP contribution < -0.4 is 10.1 Å². The first-order valence-corrected chi connectivity index (χ1v) is 9.23. The average Bonchev–Trinajstić information content (AvgIpc) is 2.88. The van der Waals surface area contributed by atoms with Gasteiger partial charge < -0.3 is 19.5 Å². The van der Waals surface area contributed by atoms with E-state index in [4.69, 9.17) is 9.26 Å². The molecule has 2 aromatic rings. The van der Waals surface area contributed by atoms with E-state index in [0.717, 1.165) is 17.3 Å². The lowest BCUT2D eigenvalue weighted by molar-refractivity contribution is -0.131. The fraction of sp³-hybridized carbons (Fsp3) is 0.450. The van der Waals surface area contributed by atoms with Crippen LogP contribution in [-0.4, -0.2) is 41.6 Å². The van der Waals surface area contributed by atoms with Crippen LogP contribution in [0.3, 0.4) is 0 Å². The normalized spacial score (nSPS) is 17.4. The van der Waals surface area contributed by atoms with Crippen molar-refractivity contribution in [2.45, 2.75) is 45.7 Å². The molecule has 0 bridgehead atoms. The van der Waals surface area contributed by atoms with Gasteiger partial charge in [-0.15, -0.1) is 0 Å². The predicted molar refractivity (Wildman–Crippen MR) is 99.5 cm³/mol. The number of nitrogens with one attached hydrogen (secondary N) is 1. The number of aryl methyl sites for hydroxylation is 2. The SMILES string of the molecule is COc1ccc(C(=O)NC2CCC(=O)N(Cc3c(C)noc3C)CC2)cc1F. The molecular weight excluding hydrogens is 365 g/mol. The van der Waals surface area contributed by atoms with Crippen molar-refractivity contribution in [3.8, 4) is 5.75 Å². The molecule has 0 radical (unpaired) electrons. The van der Waals surface area contributed by atoms with Gasteiger partial charge in [0.1, 0.15) is 5.76 Å². The molecule has 3 rings (SSSR count). The van der Waals surface area contributed by atoms with Crippen molar-refractivity contribution in [3.05, 3.63) is 46.6 Å². The first kappa shape index (κ1) is 19.9. The van der Waals surface area contributed by atoms with Crippen LogP contribution >= 0.6 is 0 Å². The molecule has 0 spiro atoms. The molecule has 28 heavy (non-hydrogen) atoms. The number of ether oxygens (including phenoxy) is 1. The zero-order valence-electron chi connectivity index (χ0n) is 16.3. The number of methoxy groups -OCH3 is 1. The highest BCUT2D eigenvalue weighted by Gasteiger charge is 2.25. The first-order valence-electron chi connectivity index (χ1n) is 9.23. The minimum absolute atomic E-state index is 0.0345. The van der Waals surface area contributed by atoms with Crippen LogP contribution in [0.1, 0.15) is 46.6 Å². The van der Waals surface area contributed by atoms with Gasteiger partial charge in [-0.1, -0.05) is 5.16 Å². The molecule has 2 heterocycles. The number of benzene rings is 1. The van der Waals surface area contributed by atoms with E-state index in [9.17, 15) is 14.0 Å². The lowest BCUT2D eigenvalue weighted by Crippen LogP contribution is -2.36. The lowest BCUT2D eigenvalue weighted by Gasteiger charge is -2.21. The molecule has 2 amide bonds. The molecule has 1 N–H and O–H groups in total. The Bertz CT molecular complexity index is 861. The van der Waals surface area contributed by atoms with Gasteiger partial charge in [-0.05, 0) is 44.9 Å². The highest BCUT2D eigenvalue weighted by Crippen LogP contribution is 2.21. The maximum absolute atomic E-state index is 13.8. The fourth-order valence-corrected chi connectivity index (χ4v) is 3.34. The smallest absolute Gasteiger partial charge is 0.251 e. The van der Waals surface area contributed by atoms with Crippen LogP contribution in [0.2, 0.25) is 0 Å². The summed E-state index contributed by atoms with van der Waals surface area (Å²) in [4.78, 5) is 26.7. The molecule has 8 heteroatoms. The Morgan fingerprint density at radius 2 is 2.18 bits per heavy atom. The van der Waals surface area contributed by atoms with E-state index in [2.05, 4.69) is 10.5 Å². The summed E-state index contributed by atoms with van der Waals surface area (Å²) in [6.07, 6.45) is 1.51. The Morgan fingerprint density at radius 3 is 2.82 bits per heavy atom. The molecule has 1 atom stereocenters. The molecule has 1 aliphatic rings. The Hall–Kier alpha value is -2.90. The van der Waals surface area contributed by atoms with Crippen molar-refractivity contribution in [2.24, 2.45) is 0 Å². The van der Waals surface area contributed by atoms with E-state index in [1.54, 1.807) is 4.90 Å². The van der Waals surface area contributed by atoms with Gasteiger partial charge in [-0.2, -0.15) is 0 Å². The maximum Gasteiger partial charge on any atom is 0.251 e. The number of hydrogen-bond acceptors (Lipinski definition) is 5. The largest absolute Gasteiger partial charge is 0.494 e. The summed E-state index contributed by atoms with van der Waals surface area (Å²) in [6, 6.07) is 3.94. The van der Waals surface area contributed by atoms with Gasteiger partial charge in [-0.25, -0.2) is 4.39 Å². The summed E-state index contributed by atoms with van der Waals surface area (Å²) < 4.78 is 23.9. The van der Waals surface area contributed by atoms with E-state index in [-0.39, 0.29) is 29.2 Å². The second-order valence-electron chi connectivity index (χ2n) is 6.97. The maximum atomic E-state index is 13.8. The molecule has 1 aromatic carbocycles. The van der Waals surface area contributed by atoms with Crippen molar-refractivity contribution in [3.63, 3.8) is 0 Å². The quantitative estimate of drug-likeness (QED) is 0.850. The molecule has 0 aliphatic carbocycles. The number of hydrogen-bond donors (Lipinski definition) is 1. The third-order valence-electron chi connectivity index (χ3n) is 5.09. The van der Waals surface area contributed by atoms with Crippen molar-refractivity contribution in [2.75, 3.05) is 13.7 Å². The molecule has 1 aromatic heterocycles. The highest BCUT2D eigenvalue weighted by atomic mass is 19.1. The summed E-state index contributed by atoms with van der Waals surface area (Å²) in [7, 11) is 1.37. The van der Waals surface area contributed by atoms with Crippen molar-refractivity contribution < 1.29 is 23.2 Å². The minimum Gasteiger partial charge on any atom is -0.494 e. The molecular formula is C20H24FN3O4. The summed E-state index contributed by atoms with van der Waals surface area (Å²) in [6.45, 7) is 4.65. The summed E-state index contributed by atoms with van der Waals surface area (Å²) in [5, 5.41) is 6.83. The molecule has 1 unspecified atom stereocenters. The Morgan fingerprint density at radius 1 is 1.39 bits per heavy atom. The van der Waals surface area contributed by atoms with Gasteiger partial charge >= 0.3 is 0 Å². The van der Waals surface area contributed by atoms with Gasteiger partial charge in [-0.3, -0.25) is 9.59 Å². The monoisotopic (exact) mass is 389 g/mol. The van der Waals surface area contributed by atoms with Gasteiger partial charge in [0.2, 0.25) is 5.91 Å². The van der Waals surface area contributed by atoms with E-state index in [1.807, 2.05) is 13.8 Å². The van der Waals surface area contributed by atoms with Crippen LogP contribution in [0.5, 0.6) is 5.75 Å². The number of halogens is 1. The van der Waals surface area contributed by atoms with E-state index in [0.29, 0.717) is 38.1 Å². The average molecular weight is 389 g/mol. The van der Waals surface area contributed by atoms with E-state index >= 15 is 0 Å². The van der Waals surface area contributed by atoms with Crippen LogP contribution in [0, 0.1) is 19.7 Å². The number of aromatic nitrogens is 1. The Balaban J connectivity index is 1.62. The Labute approximate surface area is 162 Å². The number of nitrogens with zero attached hydrogens (tertiary/aromatic N) is 2. The number of likely N-dealkylation sites (tertiary alicyclic amines) is 1. The standard InChI is InChI=1S/C20H24FN3O4/c1-12-16(13(2)28-23-12)11-24-9-8-15(5-7-19(24)25)22-20(26)14-4-6-18(27-3)17(21)10-14/h4,6,10,15H,5,7-9,11H2,1-3H3,(H,22,26). The zero-order chi connectivity index (χ0) is 20.3. The zero-order valence-corrected chi connectivity index (χ0v) is 16.3. The van der Waals surface area contributed by atoms with Gasteiger partial charge in [0, 0.05) is 30.1 Å². The fourth-order valence-electron chi connectivity index (χ4n) is 3.34. The van der Waals surface area contributed by atoms with Crippen molar-refractivity contribution in [1.29, 1.82) is 0 Å².